The number of ether oxygens (including phenoxy) is 2. The molecule has 0 amide bonds. The highest BCUT2D eigenvalue weighted by atomic mass is 16.7. The lowest BCUT2D eigenvalue weighted by molar-refractivity contribution is -0.0505. The van der Waals surface area contributed by atoms with Crippen molar-refractivity contribution in [1.29, 1.82) is 0 Å². The molecule has 1 aromatic rings. The van der Waals surface area contributed by atoms with Crippen molar-refractivity contribution in [3.63, 3.8) is 0 Å². The molecule has 0 saturated heterocycles. The van der Waals surface area contributed by atoms with Gasteiger partial charge in [0, 0.05) is 0 Å². The Morgan fingerprint density at radius 1 is 1.23 bits per heavy atom. The number of rotatable bonds is 2. The SMILES string of the molecule is C1=CC(Oc2ccccc2)OCC1. The summed E-state index contributed by atoms with van der Waals surface area (Å²) in [5, 5.41) is 0. The summed E-state index contributed by atoms with van der Waals surface area (Å²) in [5.74, 6) is 0.846. The van der Waals surface area contributed by atoms with Gasteiger partial charge in [-0.3, -0.25) is 0 Å². The summed E-state index contributed by atoms with van der Waals surface area (Å²) < 4.78 is 10.9. The van der Waals surface area contributed by atoms with Gasteiger partial charge in [-0.1, -0.05) is 24.3 Å². The molecule has 1 heterocycles. The van der Waals surface area contributed by atoms with Gasteiger partial charge in [-0.2, -0.15) is 0 Å². The van der Waals surface area contributed by atoms with Crippen molar-refractivity contribution in [3.8, 4) is 5.75 Å². The lowest BCUT2D eigenvalue weighted by Crippen LogP contribution is -2.20. The van der Waals surface area contributed by atoms with E-state index in [2.05, 4.69) is 6.08 Å². The highest BCUT2D eigenvalue weighted by Crippen LogP contribution is 2.14. The molecule has 1 aromatic carbocycles. The minimum atomic E-state index is -0.212. The molecule has 0 spiro atoms. The molecule has 2 rings (SSSR count). The normalized spacial score (nSPS) is 21.4. The lowest BCUT2D eigenvalue weighted by Gasteiger charge is -2.18. The van der Waals surface area contributed by atoms with Gasteiger partial charge in [0.25, 0.3) is 0 Å². The van der Waals surface area contributed by atoms with Crippen LogP contribution in [0, 0.1) is 0 Å². The van der Waals surface area contributed by atoms with Gasteiger partial charge in [0.2, 0.25) is 6.29 Å². The molecule has 68 valence electrons. The Hall–Kier alpha value is -1.28. The molecule has 13 heavy (non-hydrogen) atoms. The fourth-order valence-electron chi connectivity index (χ4n) is 1.22. The molecule has 0 radical (unpaired) electrons. The second-order valence-electron chi connectivity index (χ2n) is 2.89. The van der Waals surface area contributed by atoms with E-state index < -0.39 is 0 Å². The molecule has 2 heteroatoms. The van der Waals surface area contributed by atoms with Crippen LogP contribution in [0.2, 0.25) is 0 Å². The summed E-state index contributed by atoms with van der Waals surface area (Å²) >= 11 is 0. The van der Waals surface area contributed by atoms with Crippen LogP contribution in [0.15, 0.2) is 42.5 Å². The minimum Gasteiger partial charge on any atom is -0.461 e. The quantitative estimate of drug-likeness (QED) is 0.644. The third-order valence-corrected chi connectivity index (χ3v) is 1.86. The van der Waals surface area contributed by atoms with Gasteiger partial charge in [-0.15, -0.1) is 0 Å². The van der Waals surface area contributed by atoms with Crippen LogP contribution in [0.4, 0.5) is 0 Å². The van der Waals surface area contributed by atoms with Crippen molar-refractivity contribution in [2.24, 2.45) is 0 Å². The average Bonchev–Trinajstić information content (AvgIpc) is 2.21. The summed E-state index contributed by atoms with van der Waals surface area (Å²) in [6.07, 6.45) is 4.79. The van der Waals surface area contributed by atoms with Crippen LogP contribution < -0.4 is 4.74 Å². The van der Waals surface area contributed by atoms with Crippen molar-refractivity contribution in [1.82, 2.24) is 0 Å². The van der Waals surface area contributed by atoms with Crippen molar-refractivity contribution in [2.45, 2.75) is 12.7 Å². The first-order chi connectivity index (χ1) is 6.45. The molecule has 1 aliphatic heterocycles. The van der Waals surface area contributed by atoms with E-state index in [9.17, 15) is 0 Å². The molecular weight excluding hydrogens is 164 g/mol. The van der Waals surface area contributed by atoms with Gasteiger partial charge in [-0.25, -0.2) is 0 Å². The Morgan fingerprint density at radius 3 is 2.77 bits per heavy atom. The summed E-state index contributed by atoms with van der Waals surface area (Å²) in [7, 11) is 0. The maximum atomic E-state index is 5.55. The van der Waals surface area contributed by atoms with E-state index in [4.69, 9.17) is 9.47 Å². The highest BCUT2D eigenvalue weighted by Gasteiger charge is 2.08. The number of para-hydroxylation sites is 1. The maximum absolute atomic E-state index is 5.55. The molecule has 1 unspecified atom stereocenters. The Morgan fingerprint density at radius 2 is 2.08 bits per heavy atom. The van der Waals surface area contributed by atoms with Gasteiger partial charge in [0.15, 0.2) is 0 Å². The van der Waals surface area contributed by atoms with Gasteiger partial charge < -0.3 is 9.47 Å². The molecule has 0 bridgehead atoms. The van der Waals surface area contributed by atoms with Crippen LogP contribution in [-0.2, 0) is 4.74 Å². The van der Waals surface area contributed by atoms with Gasteiger partial charge in [0.1, 0.15) is 5.75 Å². The van der Waals surface area contributed by atoms with E-state index in [0.29, 0.717) is 0 Å². The lowest BCUT2D eigenvalue weighted by atomic mass is 10.3. The summed E-state index contributed by atoms with van der Waals surface area (Å²) in [6.45, 7) is 0.744. The fraction of sp³-hybridized carbons (Fsp3) is 0.273. The molecule has 1 atom stereocenters. The van der Waals surface area contributed by atoms with E-state index in [1.807, 2.05) is 36.4 Å². The first-order valence-electron chi connectivity index (χ1n) is 4.45. The van der Waals surface area contributed by atoms with E-state index in [-0.39, 0.29) is 6.29 Å². The smallest absolute Gasteiger partial charge is 0.219 e. The minimum absolute atomic E-state index is 0.212. The molecular formula is C11H12O2. The largest absolute Gasteiger partial charge is 0.461 e. The monoisotopic (exact) mass is 176 g/mol. The van der Waals surface area contributed by atoms with Crippen LogP contribution in [-0.4, -0.2) is 12.9 Å². The van der Waals surface area contributed by atoms with Crippen LogP contribution in [0.3, 0.4) is 0 Å². The van der Waals surface area contributed by atoms with Gasteiger partial charge in [-0.05, 0) is 24.6 Å². The fourth-order valence-corrected chi connectivity index (χ4v) is 1.22. The Labute approximate surface area is 77.8 Å². The average molecular weight is 176 g/mol. The number of hydrogen-bond donors (Lipinski definition) is 0. The van der Waals surface area contributed by atoms with Crippen LogP contribution in [0.25, 0.3) is 0 Å². The maximum Gasteiger partial charge on any atom is 0.219 e. The summed E-state index contributed by atoms with van der Waals surface area (Å²) in [4.78, 5) is 0. The second-order valence-corrected chi connectivity index (χ2v) is 2.89. The molecule has 0 N–H and O–H groups in total. The van der Waals surface area contributed by atoms with Crippen molar-refractivity contribution < 1.29 is 9.47 Å². The zero-order chi connectivity index (χ0) is 8.93. The third kappa shape index (κ3) is 2.33. The third-order valence-electron chi connectivity index (χ3n) is 1.86. The van der Waals surface area contributed by atoms with E-state index in [1.54, 1.807) is 0 Å². The first kappa shape index (κ1) is 8.32. The van der Waals surface area contributed by atoms with Crippen LogP contribution >= 0.6 is 0 Å². The molecule has 0 aromatic heterocycles. The predicted octanol–water partition coefficient (Wildman–Crippen LogP) is 2.37. The predicted molar refractivity (Wildman–Crippen MR) is 50.6 cm³/mol. The van der Waals surface area contributed by atoms with Gasteiger partial charge >= 0.3 is 0 Å². The van der Waals surface area contributed by atoms with E-state index in [1.165, 1.54) is 0 Å². The van der Waals surface area contributed by atoms with Crippen LogP contribution in [0.5, 0.6) is 5.75 Å². The van der Waals surface area contributed by atoms with Crippen molar-refractivity contribution >= 4 is 0 Å². The molecule has 1 aliphatic rings. The van der Waals surface area contributed by atoms with Crippen LogP contribution in [0.1, 0.15) is 6.42 Å². The molecule has 0 aliphatic carbocycles. The standard InChI is InChI=1S/C11H12O2/c1-2-6-10(7-3-1)13-11-8-4-5-9-12-11/h1-4,6-8,11H,5,9H2. The van der Waals surface area contributed by atoms with E-state index in [0.717, 1.165) is 18.8 Å². The molecule has 0 saturated carbocycles. The summed E-state index contributed by atoms with van der Waals surface area (Å²) in [6, 6.07) is 9.70. The molecule has 2 nitrogen and oxygen atoms in total. The topological polar surface area (TPSA) is 18.5 Å². The first-order valence-corrected chi connectivity index (χ1v) is 4.45. The Kier molecular flexibility index (Phi) is 2.62. The zero-order valence-electron chi connectivity index (χ0n) is 7.35. The summed E-state index contributed by atoms with van der Waals surface area (Å²) in [5.41, 5.74) is 0. The number of hydrogen-bond acceptors (Lipinski definition) is 2. The van der Waals surface area contributed by atoms with Crippen molar-refractivity contribution in [2.75, 3.05) is 6.61 Å². The van der Waals surface area contributed by atoms with E-state index >= 15 is 0 Å². The van der Waals surface area contributed by atoms with Gasteiger partial charge in [0.05, 0.1) is 6.61 Å². The Bertz CT molecular complexity index is 279. The molecule has 0 fully saturated rings. The second kappa shape index (κ2) is 4.10. The Balaban J connectivity index is 1.98. The zero-order valence-corrected chi connectivity index (χ0v) is 7.35. The number of benzene rings is 1. The highest BCUT2D eigenvalue weighted by molar-refractivity contribution is 5.21. The van der Waals surface area contributed by atoms with Crippen molar-refractivity contribution in [3.05, 3.63) is 42.5 Å².